The van der Waals surface area contributed by atoms with Crippen LogP contribution in [0.4, 0.5) is 5.69 Å². The summed E-state index contributed by atoms with van der Waals surface area (Å²) < 4.78 is 1.58. The van der Waals surface area contributed by atoms with Crippen molar-refractivity contribution < 1.29 is 9.90 Å². The molecule has 1 heterocycles. The number of para-hydroxylation sites is 1. The van der Waals surface area contributed by atoms with E-state index < -0.39 is 5.97 Å². The normalized spacial score (nSPS) is 10.5. The molecule has 0 amide bonds. The van der Waals surface area contributed by atoms with E-state index in [1.165, 1.54) is 12.1 Å². The molecule has 0 fully saturated rings. The van der Waals surface area contributed by atoms with Gasteiger partial charge in [-0.15, -0.1) is 5.10 Å². The summed E-state index contributed by atoms with van der Waals surface area (Å²) in [5.74, 6) is -0.960. The van der Waals surface area contributed by atoms with Crippen molar-refractivity contribution in [1.29, 1.82) is 0 Å². The number of nitrogen functional groups attached to an aromatic ring is 1. The van der Waals surface area contributed by atoms with Crippen molar-refractivity contribution in [1.82, 2.24) is 15.0 Å². The lowest BCUT2D eigenvalue weighted by atomic mass is 10.1. The van der Waals surface area contributed by atoms with Crippen LogP contribution in [-0.4, -0.2) is 26.1 Å². The fraction of sp³-hybridized carbons (Fsp3) is 0. The highest BCUT2D eigenvalue weighted by Crippen LogP contribution is 2.23. The summed E-state index contributed by atoms with van der Waals surface area (Å²) in [6.07, 6.45) is 1.75. The number of aromatic nitrogens is 3. The van der Waals surface area contributed by atoms with E-state index in [2.05, 4.69) is 10.3 Å². The quantitative estimate of drug-likeness (QED) is 0.717. The number of nitrogens with two attached hydrogens (primary N) is 1. The molecule has 3 N–H and O–H groups in total. The summed E-state index contributed by atoms with van der Waals surface area (Å²) in [7, 11) is 0. The summed E-state index contributed by atoms with van der Waals surface area (Å²) in [5.41, 5.74) is 8.97. The predicted molar refractivity (Wildman–Crippen MR) is 78.2 cm³/mol. The second-order valence-corrected chi connectivity index (χ2v) is 4.49. The molecular weight excluding hydrogens is 268 g/mol. The van der Waals surface area contributed by atoms with Gasteiger partial charge < -0.3 is 10.8 Å². The van der Waals surface area contributed by atoms with Crippen LogP contribution in [0.15, 0.2) is 54.7 Å². The third-order valence-electron chi connectivity index (χ3n) is 3.11. The fourth-order valence-electron chi connectivity index (χ4n) is 2.00. The topological polar surface area (TPSA) is 94.0 Å². The van der Waals surface area contributed by atoms with Gasteiger partial charge in [-0.2, -0.15) is 0 Å². The Bertz CT molecular complexity index is 793. The largest absolute Gasteiger partial charge is 0.478 e. The molecule has 0 saturated carbocycles. The maximum absolute atomic E-state index is 10.8. The lowest BCUT2D eigenvalue weighted by Gasteiger charge is -2.01. The Morgan fingerprint density at radius 2 is 1.81 bits per heavy atom. The number of carbonyl (C=O) groups is 1. The van der Waals surface area contributed by atoms with E-state index in [1.807, 2.05) is 18.2 Å². The van der Waals surface area contributed by atoms with E-state index in [0.29, 0.717) is 11.4 Å². The average Bonchev–Trinajstić information content (AvgIpc) is 2.97. The van der Waals surface area contributed by atoms with Crippen molar-refractivity contribution >= 4 is 11.7 Å². The molecule has 0 saturated heterocycles. The summed E-state index contributed by atoms with van der Waals surface area (Å²) in [6, 6.07) is 13.8. The van der Waals surface area contributed by atoms with Gasteiger partial charge in [0, 0.05) is 11.3 Å². The van der Waals surface area contributed by atoms with Crippen molar-refractivity contribution in [3.8, 4) is 16.9 Å². The standard InChI is InChI=1S/C15H12N4O2/c16-13-4-2-1-3-12(13)14-9-19(18-17-14)11-7-5-10(6-8-11)15(20)21/h1-9H,16H2,(H,20,21). The lowest BCUT2D eigenvalue weighted by Crippen LogP contribution is -1.98. The van der Waals surface area contributed by atoms with Crippen molar-refractivity contribution in [3.63, 3.8) is 0 Å². The first-order valence-corrected chi connectivity index (χ1v) is 6.26. The van der Waals surface area contributed by atoms with Crippen molar-refractivity contribution in [2.24, 2.45) is 0 Å². The third kappa shape index (κ3) is 2.46. The first-order chi connectivity index (χ1) is 10.1. The summed E-state index contributed by atoms with van der Waals surface area (Å²) >= 11 is 0. The molecule has 3 aromatic rings. The Balaban J connectivity index is 1.95. The minimum absolute atomic E-state index is 0.228. The zero-order valence-corrected chi connectivity index (χ0v) is 11.0. The summed E-state index contributed by atoms with van der Waals surface area (Å²) in [4.78, 5) is 10.8. The van der Waals surface area contributed by atoms with Crippen LogP contribution in [-0.2, 0) is 0 Å². The minimum Gasteiger partial charge on any atom is -0.478 e. The predicted octanol–water partition coefficient (Wildman–Crippen LogP) is 2.21. The van der Waals surface area contributed by atoms with E-state index in [4.69, 9.17) is 10.8 Å². The molecule has 0 unspecified atom stereocenters. The molecule has 0 radical (unpaired) electrons. The smallest absolute Gasteiger partial charge is 0.335 e. The number of anilines is 1. The average molecular weight is 280 g/mol. The Hall–Kier alpha value is -3.15. The second kappa shape index (κ2) is 5.09. The Morgan fingerprint density at radius 1 is 1.10 bits per heavy atom. The van der Waals surface area contributed by atoms with Crippen molar-refractivity contribution in [3.05, 3.63) is 60.3 Å². The van der Waals surface area contributed by atoms with E-state index in [1.54, 1.807) is 29.1 Å². The van der Waals surface area contributed by atoms with Crippen LogP contribution in [0.2, 0.25) is 0 Å². The molecule has 1 aromatic heterocycles. The molecule has 21 heavy (non-hydrogen) atoms. The zero-order chi connectivity index (χ0) is 14.8. The highest BCUT2D eigenvalue weighted by atomic mass is 16.4. The van der Waals surface area contributed by atoms with Crippen molar-refractivity contribution in [2.45, 2.75) is 0 Å². The van der Waals surface area contributed by atoms with Gasteiger partial charge in [0.15, 0.2) is 0 Å². The van der Waals surface area contributed by atoms with Gasteiger partial charge in [0.2, 0.25) is 0 Å². The van der Waals surface area contributed by atoms with Gasteiger partial charge in [0.25, 0.3) is 0 Å². The zero-order valence-electron chi connectivity index (χ0n) is 11.0. The molecule has 0 aliphatic rings. The molecular formula is C15H12N4O2. The van der Waals surface area contributed by atoms with Crippen LogP contribution in [0.1, 0.15) is 10.4 Å². The first kappa shape index (κ1) is 12.9. The third-order valence-corrected chi connectivity index (χ3v) is 3.11. The molecule has 0 bridgehead atoms. The lowest BCUT2D eigenvalue weighted by molar-refractivity contribution is 0.0697. The maximum Gasteiger partial charge on any atom is 0.335 e. The highest BCUT2D eigenvalue weighted by Gasteiger charge is 2.08. The Morgan fingerprint density at radius 3 is 2.48 bits per heavy atom. The Kier molecular flexibility index (Phi) is 3.12. The summed E-state index contributed by atoms with van der Waals surface area (Å²) in [5, 5.41) is 17.0. The number of benzene rings is 2. The van der Waals surface area contributed by atoms with Gasteiger partial charge in [0.05, 0.1) is 17.4 Å². The van der Waals surface area contributed by atoms with Crippen LogP contribution in [0.25, 0.3) is 16.9 Å². The van der Waals surface area contributed by atoms with E-state index in [-0.39, 0.29) is 5.56 Å². The molecule has 3 rings (SSSR count). The minimum atomic E-state index is -0.960. The second-order valence-electron chi connectivity index (χ2n) is 4.49. The van der Waals surface area contributed by atoms with Gasteiger partial charge in [-0.25, -0.2) is 9.48 Å². The van der Waals surface area contributed by atoms with Crippen LogP contribution in [0.3, 0.4) is 0 Å². The number of nitrogens with zero attached hydrogens (tertiary/aromatic N) is 3. The van der Waals surface area contributed by atoms with Gasteiger partial charge in [0.1, 0.15) is 5.69 Å². The monoisotopic (exact) mass is 280 g/mol. The molecule has 0 aliphatic carbocycles. The number of aromatic carboxylic acids is 1. The number of hydrogen-bond acceptors (Lipinski definition) is 4. The Labute approximate surface area is 120 Å². The molecule has 104 valence electrons. The van der Waals surface area contributed by atoms with E-state index >= 15 is 0 Å². The molecule has 0 aliphatic heterocycles. The first-order valence-electron chi connectivity index (χ1n) is 6.26. The van der Waals surface area contributed by atoms with Crippen LogP contribution in [0, 0.1) is 0 Å². The molecule has 6 nitrogen and oxygen atoms in total. The fourth-order valence-corrected chi connectivity index (χ4v) is 2.00. The SMILES string of the molecule is Nc1ccccc1-c1cn(-c2ccc(C(=O)O)cc2)nn1. The van der Waals surface area contributed by atoms with Gasteiger partial charge >= 0.3 is 5.97 Å². The number of carboxylic acids is 1. The van der Waals surface area contributed by atoms with Gasteiger partial charge in [-0.1, -0.05) is 23.4 Å². The van der Waals surface area contributed by atoms with Gasteiger partial charge in [-0.3, -0.25) is 0 Å². The number of hydrogen-bond donors (Lipinski definition) is 2. The molecule has 0 atom stereocenters. The van der Waals surface area contributed by atoms with E-state index in [0.717, 1.165) is 11.3 Å². The van der Waals surface area contributed by atoms with Crippen molar-refractivity contribution in [2.75, 3.05) is 5.73 Å². The van der Waals surface area contributed by atoms with Crippen LogP contribution in [0.5, 0.6) is 0 Å². The summed E-state index contributed by atoms with van der Waals surface area (Å²) in [6.45, 7) is 0. The highest BCUT2D eigenvalue weighted by molar-refractivity contribution is 5.87. The molecule has 6 heteroatoms. The van der Waals surface area contributed by atoms with Crippen LogP contribution < -0.4 is 5.73 Å². The number of rotatable bonds is 3. The van der Waals surface area contributed by atoms with E-state index in [9.17, 15) is 4.79 Å². The maximum atomic E-state index is 10.8. The van der Waals surface area contributed by atoms with Crippen LogP contribution >= 0.6 is 0 Å². The molecule has 0 spiro atoms. The number of carboxylic acid groups (broad SMARTS) is 1. The molecule has 2 aromatic carbocycles. The van der Waals surface area contributed by atoms with Gasteiger partial charge in [-0.05, 0) is 30.3 Å².